The molecule has 2 N–H and O–H groups in total. The first-order valence-electron chi connectivity index (χ1n) is 11.9. The highest BCUT2D eigenvalue weighted by atomic mass is 16.5. The molecule has 1 amide bonds. The fourth-order valence-corrected chi connectivity index (χ4v) is 4.46. The van der Waals surface area contributed by atoms with Crippen LogP contribution in [0.1, 0.15) is 18.7 Å². The van der Waals surface area contributed by atoms with Crippen molar-refractivity contribution in [3.63, 3.8) is 0 Å². The number of ether oxygens (including phenoxy) is 1. The van der Waals surface area contributed by atoms with E-state index >= 15 is 0 Å². The van der Waals surface area contributed by atoms with Gasteiger partial charge in [0, 0.05) is 18.8 Å². The molecule has 7 nitrogen and oxygen atoms in total. The Kier molecular flexibility index (Phi) is 6.97. The van der Waals surface area contributed by atoms with E-state index in [9.17, 15) is 9.59 Å². The predicted molar refractivity (Wildman–Crippen MR) is 137 cm³/mol. The number of hydrogen-bond donors (Lipinski definition) is 2. The zero-order valence-corrected chi connectivity index (χ0v) is 19.4. The highest BCUT2D eigenvalue weighted by Crippen LogP contribution is 2.21. The van der Waals surface area contributed by atoms with Crippen molar-refractivity contribution in [2.75, 3.05) is 25.0 Å². The number of nitrogens with one attached hydrogen (secondary N) is 2. The van der Waals surface area contributed by atoms with Crippen LogP contribution in [-0.4, -0.2) is 46.6 Å². The molecule has 2 heterocycles. The largest absolute Gasteiger partial charge is 0.377 e. The summed E-state index contributed by atoms with van der Waals surface area (Å²) in [4.78, 5) is 34.9. The average Bonchev–Trinajstić information content (AvgIpc) is 3.38. The van der Waals surface area contributed by atoms with Gasteiger partial charge in [0.25, 0.3) is 5.56 Å². The second kappa shape index (κ2) is 10.6. The molecule has 0 radical (unpaired) electrons. The SMILES string of the molecule is O=C(CN(Cc1nc2ccccc2c(=O)[nH]1)CC1CCCO1)Nc1ccc(-c2ccccc2)cc1. The molecule has 1 unspecified atom stereocenters. The summed E-state index contributed by atoms with van der Waals surface area (Å²) >= 11 is 0. The Morgan fingerprint density at radius 2 is 1.74 bits per heavy atom. The third kappa shape index (κ3) is 5.82. The van der Waals surface area contributed by atoms with E-state index in [0.29, 0.717) is 29.8 Å². The molecule has 1 fully saturated rings. The van der Waals surface area contributed by atoms with E-state index in [0.717, 1.165) is 36.3 Å². The van der Waals surface area contributed by atoms with Gasteiger partial charge in [0.2, 0.25) is 5.91 Å². The Balaban J connectivity index is 1.28. The Morgan fingerprint density at radius 3 is 2.51 bits per heavy atom. The van der Waals surface area contributed by atoms with Crippen LogP contribution in [-0.2, 0) is 16.1 Å². The van der Waals surface area contributed by atoms with Crippen molar-refractivity contribution < 1.29 is 9.53 Å². The zero-order chi connectivity index (χ0) is 24.0. The van der Waals surface area contributed by atoms with Gasteiger partial charge in [0.05, 0.1) is 30.1 Å². The number of fused-ring (bicyclic) bond motifs is 1. The lowest BCUT2D eigenvalue weighted by atomic mass is 10.1. The minimum atomic E-state index is -0.175. The quantitative estimate of drug-likeness (QED) is 0.405. The number of carbonyl (C=O) groups is 1. The second-order valence-electron chi connectivity index (χ2n) is 8.83. The number of hydrogen-bond acceptors (Lipinski definition) is 5. The summed E-state index contributed by atoms with van der Waals surface area (Å²) in [6, 6.07) is 25.2. The van der Waals surface area contributed by atoms with Crippen LogP contribution in [0.3, 0.4) is 0 Å². The number of H-pyrrole nitrogens is 1. The normalized spacial score (nSPS) is 15.5. The molecular weight excluding hydrogens is 440 g/mol. The summed E-state index contributed by atoms with van der Waals surface area (Å²) in [5, 5.41) is 3.54. The van der Waals surface area contributed by atoms with E-state index in [1.807, 2.05) is 65.6 Å². The monoisotopic (exact) mass is 468 g/mol. The molecule has 178 valence electrons. The van der Waals surface area contributed by atoms with E-state index in [-0.39, 0.29) is 24.1 Å². The Morgan fingerprint density at radius 1 is 1.00 bits per heavy atom. The first-order valence-corrected chi connectivity index (χ1v) is 11.9. The number of amides is 1. The summed E-state index contributed by atoms with van der Waals surface area (Å²) in [6.07, 6.45) is 2.05. The number of aromatic nitrogens is 2. The number of benzene rings is 3. The van der Waals surface area contributed by atoms with Gasteiger partial charge in [0.15, 0.2) is 0 Å². The van der Waals surface area contributed by atoms with Gasteiger partial charge in [-0.3, -0.25) is 14.5 Å². The average molecular weight is 469 g/mol. The van der Waals surface area contributed by atoms with Crippen molar-refractivity contribution in [2.24, 2.45) is 0 Å². The summed E-state index contributed by atoms with van der Waals surface area (Å²) in [5.41, 5.74) is 3.43. The van der Waals surface area contributed by atoms with Crippen LogP contribution in [0, 0.1) is 0 Å². The van der Waals surface area contributed by atoms with Gasteiger partial charge in [0.1, 0.15) is 5.82 Å². The lowest BCUT2D eigenvalue weighted by Gasteiger charge is -2.24. The standard InChI is InChI=1S/C28H28N4O3/c33-27(29-22-14-12-21(13-15-22)20-7-2-1-3-8-20)19-32(17-23-9-6-16-35-23)18-26-30-25-11-5-4-10-24(25)28(34)31-26/h1-5,7-8,10-15,23H,6,9,16-19H2,(H,29,33)(H,30,31,34). The van der Waals surface area contributed by atoms with E-state index in [2.05, 4.69) is 27.4 Å². The molecule has 7 heteroatoms. The van der Waals surface area contributed by atoms with Gasteiger partial charge in [-0.1, -0.05) is 54.6 Å². The summed E-state index contributed by atoms with van der Waals surface area (Å²) in [7, 11) is 0. The first-order chi connectivity index (χ1) is 17.1. The molecular formula is C28H28N4O3. The molecule has 1 saturated heterocycles. The highest BCUT2D eigenvalue weighted by molar-refractivity contribution is 5.92. The van der Waals surface area contributed by atoms with E-state index in [1.54, 1.807) is 6.07 Å². The molecule has 0 bridgehead atoms. The summed E-state index contributed by atoms with van der Waals surface area (Å²) < 4.78 is 5.80. The fourth-order valence-electron chi connectivity index (χ4n) is 4.46. The van der Waals surface area contributed by atoms with Crippen LogP contribution >= 0.6 is 0 Å². The molecule has 0 saturated carbocycles. The minimum Gasteiger partial charge on any atom is -0.377 e. The molecule has 1 aliphatic rings. The number of nitrogens with zero attached hydrogens (tertiary/aromatic N) is 2. The van der Waals surface area contributed by atoms with Crippen LogP contribution in [0.4, 0.5) is 5.69 Å². The van der Waals surface area contributed by atoms with Gasteiger partial charge in [-0.15, -0.1) is 0 Å². The maximum Gasteiger partial charge on any atom is 0.258 e. The molecule has 1 atom stereocenters. The highest BCUT2D eigenvalue weighted by Gasteiger charge is 2.22. The third-order valence-electron chi connectivity index (χ3n) is 6.16. The van der Waals surface area contributed by atoms with Crippen molar-refractivity contribution in [1.82, 2.24) is 14.9 Å². The predicted octanol–water partition coefficient (Wildman–Crippen LogP) is 4.21. The van der Waals surface area contributed by atoms with Crippen molar-refractivity contribution in [1.29, 1.82) is 0 Å². The van der Waals surface area contributed by atoms with Crippen LogP contribution < -0.4 is 10.9 Å². The molecule has 0 aliphatic carbocycles. The molecule has 1 aliphatic heterocycles. The van der Waals surface area contributed by atoms with Crippen molar-refractivity contribution in [3.8, 4) is 11.1 Å². The Labute approximate surface area is 203 Å². The Hall–Kier alpha value is -3.81. The topological polar surface area (TPSA) is 87.3 Å². The lowest BCUT2D eigenvalue weighted by molar-refractivity contribution is -0.117. The fraction of sp³-hybridized carbons (Fsp3) is 0.250. The first kappa shape index (κ1) is 23.0. The minimum absolute atomic E-state index is 0.0696. The Bertz CT molecular complexity index is 1350. The third-order valence-corrected chi connectivity index (χ3v) is 6.16. The van der Waals surface area contributed by atoms with Gasteiger partial charge >= 0.3 is 0 Å². The van der Waals surface area contributed by atoms with Crippen LogP contribution in [0.25, 0.3) is 22.0 Å². The van der Waals surface area contributed by atoms with Gasteiger partial charge in [-0.05, 0) is 48.2 Å². The number of para-hydroxylation sites is 1. The molecule has 0 spiro atoms. The van der Waals surface area contributed by atoms with Crippen molar-refractivity contribution in [2.45, 2.75) is 25.5 Å². The van der Waals surface area contributed by atoms with Crippen LogP contribution in [0.5, 0.6) is 0 Å². The molecule has 5 rings (SSSR count). The molecule has 3 aromatic carbocycles. The number of rotatable bonds is 8. The van der Waals surface area contributed by atoms with Crippen LogP contribution in [0.2, 0.25) is 0 Å². The van der Waals surface area contributed by atoms with Gasteiger partial charge in [-0.2, -0.15) is 0 Å². The number of carbonyl (C=O) groups excluding carboxylic acids is 1. The second-order valence-corrected chi connectivity index (χ2v) is 8.83. The maximum atomic E-state index is 12.9. The number of anilines is 1. The summed E-state index contributed by atoms with van der Waals surface area (Å²) in [5.74, 6) is 0.408. The van der Waals surface area contributed by atoms with Crippen LogP contribution in [0.15, 0.2) is 83.7 Å². The molecule has 1 aromatic heterocycles. The molecule has 35 heavy (non-hydrogen) atoms. The lowest BCUT2D eigenvalue weighted by Crippen LogP contribution is -2.38. The van der Waals surface area contributed by atoms with Gasteiger partial charge < -0.3 is 15.0 Å². The zero-order valence-electron chi connectivity index (χ0n) is 19.4. The van der Waals surface area contributed by atoms with E-state index in [4.69, 9.17) is 4.74 Å². The van der Waals surface area contributed by atoms with Crippen molar-refractivity contribution in [3.05, 3.63) is 95.0 Å². The van der Waals surface area contributed by atoms with E-state index in [1.165, 1.54) is 0 Å². The smallest absolute Gasteiger partial charge is 0.258 e. The summed E-state index contributed by atoms with van der Waals surface area (Å²) in [6.45, 7) is 1.84. The van der Waals surface area contributed by atoms with Gasteiger partial charge in [-0.25, -0.2) is 4.98 Å². The molecule has 4 aromatic rings. The van der Waals surface area contributed by atoms with Crippen molar-refractivity contribution >= 4 is 22.5 Å². The number of aromatic amines is 1. The van der Waals surface area contributed by atoms with E-state index < -0.39 is 0 Å². The maximum absolute atomic E-state index is 12.9.